The van der Waals surface area contributed by atoms with Gasteiger partial charge in [-0.05, 0) is 48.7 Å². The molecule has 2 aromatic carbocycles. The van der Waals surface area contributed by atoms with Crippen LogP contribution in [0.4, 0.5) is 0 Å². The second-order valence-electron chi connectivity index (χ2n) is 5.60. The monoisotopic (exact) mass is 343 g/mol. The molecule has 1 amide bonds. The molecule has 1 unspecified atom stereocenters. The second-order valence-corrected chi connectivity index (χ2v) is 5.60. The number of ether oxygens (including phenoxy) is 2. The van der Waals surface area contributed by atoms with Crippen LogP contribution in [0.2, 0.25) is 0 Å². The number of aliphatic carboxylic acids is 1. The van der Waals surface area contributed by atoms with Crippen LogP contribution >= 0.6 is 0 Å². The van der Waals surface area contributed by atoms with Gasteiger partial charge in [0.05, 0.1) is 14.2 Å². The third kappa shape index (κ3) is 3.91. The molecule has 132 valence electrons. The fraction of sp³-hybridized carbons (Fsp3) is 0.263. The molecule has 2 N–H and O–H groups in total. The zero-order valence-electron chi connectivity index (χ0n) is 14.6. The number of aryl methyl sites for hydroxylation is 1. The maximum Gasteiger partial charge on any atom is 0.330 e. The van der Waals surface area contributed by atoms with Crippen LogP contribution in [0.3, 0.4) is 0 Å². The molecule has 0 saturated heterocycles. The van der Waals surface area contributed by atoms with Gasteiger partial charge in [-0.3, -0.25) is 4.79 Å². The first-order chi connectivity index (χ1) is 11.9. The molecule has 0 aliphatic carbocycles. The Hall–Kier alpha value is -3.02. The number of rotatable bonds is 6. The number of hydrogen-bond donors (Lipinski definition) is 2. The Morgan fingerprint density at radius 2 is 1.72 bits per heavy atom. The van der Waals surface area contributed by atoms with E-state index >= 15 is 0 Å². The molecule has 0 aromatic heterocycles. The highest BCUT2D eigenvalue weighted by atomic mass is 16.5. The van der Waals surface area contributed by atoms with Crippen molar-refractivity contribution < 1.29 is 24.2 Å². The molecule has 0 heterocycles. The fourth-order valence-corrected chi connectivity index (χ4v) is 2.55. The molecule has 0 saturated carbocycles. The lowest BCUT2D eigenvalue weighted by atomic mass is 9.97. The average Bonchev–Trinajstić information content (AvgIpc) is 2.61. The van der Waals surface area contributed by atoms with Crippen LogP contribution in [0.5, 0.6) is 11.5 Å². The molecular formula is C19H21NO5. The van der Waals surface area contributed by atoms with Gasteiger partial charge in [-0.25, -0.2) is 4.79 Å². The topological polar surface area (TPSA) is 84.9 Å². The van der Waals surface area contributed by atoms with Crippen LogP contribution < -0.4 is 14.8 Å². The van der Waals surface area contributed by atoms with E-state index in [1.807, 2.05) is 19.9 Å². The van der Waals surface area contributed by atoms with E-state index in [1.54, 1.807) is 24.3 Å². The molecule has 0 spiro atoms. The van der Waals surface area contributed by atoms with Gasteiger partial charge in [0, 0.05) is 5.56 Å². The van der Waals surface area contributed by atoms with Gasteiger partial charge in [-0.1, -0.05) is 18.2 Å². The maximum atomic E-state index is 12.5. The minimum absolute atomic E-state index is 0.286. The number of carbonyl (C=O) groups excluding carboxylic acids is 1. The summed E-state index contributed by atoms with van der Waals surface area (Å²) in [5.41, 5.74) is 2.64. The van der Waals surface area contributed by atoms with Crippen molar-refractivity contribution in [1.82, 2.24) is 5.32 Å². The summed E-state index contributed by atoms with van der Waals surface area (Å²) < 4.78 is 10.3. The molecule has 0 radical (unpaired) electrons. The van der Waals surface area contributed by atoms with Crippen molar-refractivity contribution in [3.8, 4) is 11.5 Å². The molecule has 2 aromatic rings. The van der Waals surface area contributed by atoms with Gasteiger partial charge in [-0.15, -0.1) is 0 Å². The van der Waals surface area contributed by atoms with Crippen LogP contribution in [0.15, 0.2) is 36.4 Å². The van der Waals surface area contributed by atoms with Crippen LogP contribution in [0.25, 0.3) is 0 Å². The van der Waals surface area contributed by atoms with Crippen molar-refractivity contribution >= 4 is 11.9 Å². The van der Waals surface area contributed by atoms with Crippen LogP contribution in [-0.2, 0) is 4.79 Å². The lowest BCUT2D eigenvalue weighted by Crippen LogP contribution is -2.34. The first-order valence-electron chi connectivity index (χ1n) is 7.70. The number of methoxy groups -OCH3 is 2. The summed E-state index contributed by atoms with van der Waals surface area (Å²) in [6.45, 7) is 3.73. The van der Waals surface area contributed by atoms with Gasteiger partial charge in [-0.2, -0.15) is 0 Å². The van der Waals surface area contributed by atoms with Gasteiger partial charge in [0.25, 0.3) is 5.91 Å². The number of carbonyl (C=O) groups is 2. The largest absolute Gasteiger partial charge is 0.493 e. The standard InChI is InChI=1S/C19H21NO5/c1-11-6-5-7-14(12(11)2)17(19(22)23)20-18(21)13-8-9-15(24-3)16(10-13)25-4/h5-10,17H,1-4H3,(H,20,21)(H,22,23). The molecule has 6 nitrogen and oxygen atoms in total. The summed E-state index contributed by atoms with van der Waals surface area (Å²) in [6.07, 6.45) is 0. The predicted molar refractivity (Wildman–Crippen MR) is 93.3 cm³/mol. The zero-order chi connectivity index (χ0) is 18.6. The minimum atomic E-state index is -1.14. The lowest BCUT2D eigenvalue weighted by molar-refractivity contribution is -0.139. The first kappa shape index (κ1) is 18.3. The number of nitrogens with one attached hydrogen (secondary N) is 1. The van der Waals surface area contributed by atoms with Gasteiger partial charge in [0.2, 0.25) is 0 Å². The maximum absolute atomic E-state index is 12.5. The summed E-state index contributed by atoms with van der Waals surface area (Å²) in [7, 11) is 2.97. The number of benzene rings is 2. The second kappa shape index (κ2) is 7.70. The Labute approximate surface area is 146 Å². The highest BCUT2D eigenvalue weighted by Crippen LogP contribution is 2.28. The quantitative estimate of drug-likeness (QED) is 0.842. The highest BCUT2D eigenvalue weighted by Gasteiger charge is 2.25. The average molecular weight is 343 g/mol. The predicted octanol–water partition coefficient (Wildman–Crippen LogP) is 2.88. The summed E-state index contributed by atoms with van der Waals surface area (Å²) in [4.78, 5) is 24.2. The Morgan fingerprint density at radius 3 is 2.32 bits per heavy atom. The Kier molecular flexibility index (Phi) is 5.64. The number of amides is 1. The van der Waals surface area contributed by atoms with Crippen molar-refractivity contribution in [1.29, 1.82) is 0 Å². The Bertz CT molecular complexity index is 800. The van der Waals surface area contributed by atoms with Gasteiger partial charge in [0.15, 0.2) is 17.5 Å². The third-order valence-corrected chi connectivity index (χ3v) is 4.13. The molecular weight excluding hydrogens is 322 g/mol. The van der Waals surface area contributed by atoms with Crippen molar-refractivity contribution in [2.45, 2.75) is 19.9 Å². The highest BCUT2D eigenvalue weighted by molar-refractivity contribution is 5.97. The van der Waals surface area contributed by atoms with Crippen molar-refractivity contribution in [3.63, 3.8) is 0 Å². The molecule has 0 fully saturated rings. The van der Waals surface area contributed by atoms with Gasteiger partial charge >= 0.3 is 5.97 Å². The van der Waals surface area contributed by atoms with Crippen LogP contribution in [0, 0.1) is 13.8 Å². The summed E-state index contributed by atoms with van der Waals surface area (Å²) in [5, 5.41) is 12.1. The molecule has 2 rings (SSSR count). The molecule has 0 bridgehead atoms. The van der Waals surface area contributed by atoms with E-state index in [0.29, 0.717) is 17.1 Å². The smallest absolute Gasteiger partial charge is 0.330 e. The fourth-order valence-electron chi connectivity index (χ4n) is 2.55. The van der Waals surface area contributed by atoms with Crippen molar-refractivity contribution in [3.05, 3.63) is 58.7 Å². The normalized spacial score (nSPS) is 11.5. The van der Waals surface area contributed by atoms with E-state index in [-0.39, 0.29) is 5.56 Å². The molecule has 0 aliphatic rings. The van der Waals surface area contributed by atoms with Crippen LogP contribution in [0.1, 0.15) is 33.1 Å². The summed E-state index contributed by atoms with van der Waals surface area (Å²) in [6, 6.07) is 8.90. The summed E-state index contributed by atoms with van der Waals surface area (Å²) >= 11 is 0. The Balaban J connectivity index is 2.33. The number of carboxylic acid groups (broad SMARTS) is 1. The van der Waals surface area contributed by atoms with E-state index in [9.17, 15) is 14.7 Å². The lowest BCUT2D eigenvalue weighted by Gasteiger charge is -2.18. The summed E-state index contributed by atoms with van der Waals surface area (Å²) in [5.74, 6) is -0.742. The van der Waals surface area contributed by atoms with Crippen molar-refractivity contribution in [2.24, 2.45) is 0 Å². The third-order valence-electron chi connectivity index (χ3n) is 4.13. The SMILES string of the molecule is COc1ccc(C(=O)NC(C(=O)O)c2cccc(C)c2C)cc1OC. The molecule has 0 aliphatic heterocycles. The zero-order valence-corrected chi connectivity index (χ0v) is 14.6. The minimum Gasteiger partial charge on any atom is -0.493 e. The van der Waals surface area contributed by atoms with E-state index in [0.717, 1.165) is 11.1 Å². The van der Waals surface area contributed by atoms with Gasteiger partial charge in [0.1, 0.15) is 0 Å². The van der Waals surface area contributed by atoms with E-state index in [4.69, 9.17) is 9.47 Å². The van der Waals surface area contributed by atoms with E-state index in [1.165, 1.54) is 20.3 Å². The first-order valence-corrected chi connectivity index (χ1v) is 7.70. The molecule has 6 heteroatoms. The van der Waals surface area contributed by atoms with Gasteiger partial charge < -0.3 is 19.9 Å². The van der Waals surface area contributed by atoms with Crippen molar-refractivity contribution in [2.75, 3.05) is 14.2 Å². The molecule has 1 atom stereocenters. The number of hydrogen-bond acceptors (Lipinski definition) is 4. The Morgan fingerprint density at radius 1 is 1.04 bits per heavy atom. The van der Waals surface area contributed by atoms with E-state index in [2.05, 4.69) is 5.32 Å². The number of carboxylic acids is 1. The van der Waals surface area contributed by atoms with E-state index < -0.39 is 17.9 Å². The van der Waals surface area contributed by atoms with Crippen LogP contribution in [-0.4, -0.2) is 31.2 Å². The molecule has 25 heavy (non-hydrogen) atoms.